The van der Waals surface area contributed by atoms with E-state index in [1.54, 1.807) is 38.3 Å². The molecular weight excluding hydrogens is 318 g/mol. The summed E-state index contributed by atoms with van der Waals surface area (Å²) >= 11 is 0. The lowest BCUT2D eigenvalue weighted by Crippen LogP contribution is -2.21. The summed E-state index contributed by atoms with van der Waals surface area (Å²) in [7, 11) is 1.56. The standard InChI is InChI=1S/C19H21N3O3/c1-13-4-8-16(9-5-13)20-18(23)12-14(2)21-22-19(24)15-6-10-17(25-3)11-7-15/h4-11H,12H2,1-3H3,(H,20,23)(H,22,24)/b21-14-. The quantitative estimate of drug-likeness (QED) is 0.627. The first-order valence-corrected chi connectivity index (χ1v) is 7.82. The molecule has 0 aliphatic carbocycles. The number of rotatable bonds is 6. The number of hydrogen-bond donors (Lipinski definition) is 2. The summed E-state index contributed by atoms with van der Waals surface area (Å²) in [5.74, 6) is 0.133. The van der Waals surface area contributed by atoms with Gasteiger partial charge in [0.2, 0.25) is 5.91 Å². The molecule has 6 heteroatoms. The van der Waals surface area contributed by atoms with Crippen LogP contribution in [0.25, 0.3) is 0 Å². The number of amides is 2. The molecule has 0 unspecified atom stereocenters. The van der Waals surface area contributed by atoms with Crippen molar-refractivity contribution in [2.24, 2.45) is 5.10 Å². The SMILES string of the molecule is COc1ccc(C(=O)N/N=C(/C)CC(=O)Nc2ccc(C)cc2)cc1. The average Bonchev–Trinajstić information content (AvgIpc) is 2.61. The van der Waals surface area contributed by atoms with Crippen molar-refractivity contribution in [3.05, 3.63) is 59.7 Å². The Morgan fingerprint density at radius 1 is 1.04 bits per heavy atom. The second kappa shape index (κ2) is 8.63. The first kappa shape index (κ1) is 18.2. The van der Waals surface area contributed by atoms with Gasteiger partial charge in [0.15, 0.2) is 0 Å². The molecule has 2 aromatic rings. The molecule has 2 N–H and O–H groups in total. The minimum absolute atomic E-state index is 0.0940. The number of benzene rings is 2. The number of methoxy groups -OCH3 is 1. The Hall–Kier alpha value is -3.15. The first-order valence-electron chi connectivity index (χ1n) is 7.82. The molecule has 0 bridgehead atoms. The highest BCUT2D eigenvalue weighted by Crippen LogP contribution is 2.11. The van der Waals surface area contributed by atoms with Crippen LogP contribution in [0.2, 0.25) is 0 Å². The van der Waals surface area contributed by atoms with Crippen LogP contribution in [0.3, 0.4) is 0 Å². The fourth-order valence-electron chi connectivity index (χ4n) is 2.07. The largest absolute Gasteiger partial charge is 0.497 e. The van der Waals surface area contributed by atoms with Gasteiger partial charge in [-0.1, -0.05) is 17.7 Å². The topological polar surface area (TPSA) is 79.8 Å². The van der Waals surface area contributed by atoms with E-state index in [0.717, 1.165) is 11.3 Å². The van der Waals surface area contributed by atoms with Crippen LogP contribution in [0.4, 0.5) is 5.69 Å². The van der Waals surface area contributed by atoms with E-state index in [4.69, 9.17) is 4.74 Å². The van der Waals surface area contributed by atoms with Crippen molar-refractivity contribution in [1.82, 2.24) is 5.43 Å². The van der Waals surface area contributed by atoms with Gasteiger partial charge in [0.25, 0.3) is 5.91 Å². The average molecular weight is 339 g/mol. The normalized spacial score (nSPS) is 10.9. The Morgan fingerprint density at radius 2 is 1.68 bits per heavy atom. The molecule has 6 nitrogen and oxygen atoms in total. The summed E-state index contributed by atoms with van der Waals surface area (Å²) in [6, 6.07) is 14.2. The number of anilines is 1. The molecule has 130 valence electrons. The third-order valence-corrected chi connectivity index (χ3v) is 3.45. The Balaban J connectivity index is 1.86. The fraction of sp³-hybridized carbons (Fsp3) is 0.211. The maximum atomic E-state index is 12.0. The van der Waals surface area contributed by atoms with E-state index in [1.807, 2.05) is 31.2 Å². The van der Waals surface area contributed by atoms with Crippen molar-refractivity contribution in [2.75, 3.05) is 12.4 Å². The third-order valence-electron chi connectivity index (χ3n) is 3.45. The van der Waals surface area contributed by atoms with Crippen LogP contribution in [0.1, 0.15) is 29.3 Å². The number of nitrogens with zero attached hydrogens (tertiary/aromatic N) is 1. The second-order valence-electron chi connectivity index (χ2n) is 5.61. The summed E-state index contributed by atoms with van der Waals surface area (Å²) in [5, 5.41) is 6.75. The molecule has 0 spiro atoms. The number of hydrazone groups is 1. The molecule has 0 atom stereocenters. The maximum Gasteiger partial charge on any atom is 0.271 e. The second-order valence-corrected chi connectivity index (χ2v) is 5.61. The number of carbonyl (C=O) groups excluding carboxylic acids is 2. The zero-order chi connectivity index (χ0) is 18.2. The van der Waals surface area contributed by atoms with Gasteiger partial charge in [-0.3, -0.25) is 9.59 Å². The summed E-state index contributed by atoms with van der Waals surface area (Å²) in [5.41, 5.74) is 5.26. The van der Waals surface area contributed by atoms with Crippen LogP contribution in [-0.4, -0.2) is 24.6 Å². The molecule has 25 heavy (non-hydrogen) atoms. The van der Waals surface area contributed by atoms with Crippen LogP contribution in [-0.2, 0) is 4.79 Å². The first-order chi connectivity index (χ1) is 12.0. The smallest absolute Gasteiger partial charge is 0.271 e. The van der Waals surface area contributed by atoms with Gasteiger partial charge in [-0.05, 0) is 50.2 Å². The molecule has 2 amide bonds. The van der Waals surface area contributed by atoms with Crippen molar-refractivity contribution in [1.29, 1.82) is 0 Å². The van der Waals surface area contributed by atoms with Crippen molar-refractivity contribution in [3.63, 3.8) is 0 Å². The van der Waals surface area contributed by atoms with Crippen molar-refractivity contribution < 1.29 is 14.3 Å². The van der Waals surface area contributed by atoms with Crippen LogP contribution in [0, 0.1) is 6.92 Å². The lowest BCUT2D eigenvalue weighted by atomic mass is 10.2. The third kappa shape index (κ3) is 5.76. The monoisotopic (exact) mass is 339 g/mol. The zero-order valence-corrected chi connectivity index (χ0v) is 14.5. The summed E-state index contributed by atoms with van der Waals surface area (Å²) in [4.78, 5) is 24.0. The van der Waals surface area contributed by atoms with Gasteiger partial charge < -0.3 is 10.1 Å². The zero-order valence-electron chi connectivity index (χ0n) is 14.5. The lowest BCUT2D eigenvalue weighted by Gasteiger charge is -2.06. The molecule has 0 aliphatic rings. The number of aryl methyl sites for hydroxylation is 1. The van der Waals surface area contributed by atoms with E-state index in [9.17, 15) is 9.59 Å². The number of nitrogens with one attached hydrogen (secondary N) is 2. The molecule has 0 aromatic heterocycles. The molecule has 0 fully saturated rings. The van der Waals surface area contributed by atoms with E-state index in [-0.39, 0.29) is 18.2 Å². The summed E-state index contributed by atoms with van der Waals surface area (Å²) < 4.78 is 5.04. The lowest BCUT2D eigenvalue weighted by molar-refractivity contribution is -0.115. The Labute approximate surface area is 146 Å². The van der Waals surface area contributed by atoms with Gasteiger partial charge in [-0.15, -0.1) is 0 Å². The van der Waals surface area contributed by atoms with Crippen molar-refractivity contribution in [2.45, 2.75) is 20.3 Å². The predicted molar refractivity (Wildman–Crippen MR) is 98.0 cm³/mol. The summed E-state index contributed by atoms with van der Waals surface area (Å²) in [6.07, 6.45) is 0.0940. The molecule has 0 saturated carbocycles. The fourth-order valence-corrected chi connectivity index (χ4v) is 2.07. The highest BCUT2D eigenvalue weighted by molar-refractivity contribution is 6.06. The number of ether oxygens (including phenoxy) is 1. The maximum absolute atomic E-state index is 12.0. The highest BCUT2D eigenvalue weighted by atomic mass is 16.5. The minimum atomic E-state index is -0.346. The van der Waals surface area contributed by atoms with Crippen LogP contribution >= 0.6 is 0 Å². The van der Waals surface area contributed by atoms with E-state index < -0.39 is 0 Å². The van der Waals surface area contributed by atoms with Crippen LogP contribution < -0.4 is 15.5 Å². The Bertz CT molecular complexity index is 766. The molecule has 2 aromatic carbocycles. The number of carbonyl (C=O) groups is 2. The molecule has 0 saturated heterocycles. The van der Waals surface area contributed by atoms with Gasteiger partial charge in [0.1, 0.15) is 5.75 Å². The number of hydrogen-bond acceptors (Lipinski definition) is 4. The predicted octanol–water partition coefficient (Wildman–Crippen LogP) is 3.14. The van der Waals surface area contributed by atoms with E-state index in [0.29, 0.717) is 17.0 Å². The van der Waals surface area contributed by atoms with E-state index in [1.165, 1.54) is 0 Å². The van der Waals surface area contributed by atoms with Crippen LogP contribution in [0.5, 0.6) is 5.75 Å². The Kier molecular flexibility index (Phi) is 6.28. The minimum Gasteiger partial charge on any atom is -0.497 e. The van der Waals surface area contributed by atoms with Crippen molar-refractivity contribution >= 4 is 23.2 Å². The van der Waals surface area contributed by atoms with Gasteiger partial charge in [0.05, 0.1) is 13.5 Å². The van der Waals surface area contributed by atoms with Gasteiger partial charge in [-0.2, -0.15) is 5.10 Å². The van der Waals surface area contributed by atoms with E-state index in [2.05, 4.69) is 15.8 Å². The molecular formula is C19H21N3O3. The Morgan fingerprint density at radius 3 is 2.28 bits per heavy atom. The van der Waals surface area contributed by atoms with Crippen molar-refractivity contribution in [3.8, 4) is 5.75 Å². The molecule has 2 rings (SSSR count). The van der Waals surface area contributed by atoms with Crippen LogP contribution in [0.15, 0.2) is 53.6 Å². The van der Waals surface area contributed by atoms with Gasteiger partial charge in [0, 0.05) is 17.0 Å². The highest BCUT2D eigenvalue weighted by Gasteiger charge is 2.07. The van der Waals surface area contributed by atoms with E-state index >= 15 is 0 Å². The molecule has 0 radical (unpaired) electrons. The molecule has 0 heterocycles. The van der Waals surface area contributed by atoms with Gasteiger partial charge >= 0.3 is 0 Å². The van der Waals surface area contributed by atoms with Gasteiger partial charge in [-0.25, -0.2) is 5.43 Å². The molecule has 0 aliphatic heterocycles. The summed E-state index contributed by atoms with van der Waals surface area (Å²) in [6.45, 7) is 3.66.